The molecule has 0 aliphatic heterocycles. The predicted octanol–water partition coefficient (Wildman–Crippen LogP) is 4.73. The van der Waals surface area contributed by atoms with Crippen molar-refractivity contribution in [2.24, 2.45) is 0 Å². The van der Waals surface area contributed by atoms with Gasteiger partial charge in [-0.05, 0) is 70.4 Å². The monoisotopic (exact) mass is 479 g/mol. The number of nitrogens with zero attached hydrogens (tertiary/aromatic N) is 3. The van der Waals surface area contributed by atoms with E-state index in [0.29, 0.717) is 35.3 Å². The smallest absolute Gasteiger partial charge is 0.260 e. The number of ether oxygens (including phenoxy) is 3. The quantitative estimate of drug-likeness (QED) is 0.418. The minimum atomic E-state index is -0.121. The number of halogens is 1. The summed E-state index contributed by atoms with van der Waals surface area (Å²) >= 11 is 1.49. The molecule has 32 heavy (non-hydrogen) atoms. The van der Waals surface area contributed by atoms with E-state index in [1.54, 1.807) is 37.3 Å². The van der Waals surface area contributed by atoms with Gasteiger partial charge in [0.2, 0.25) is 0 Å². The molecule has 0 saturated heterocycles. The van der Waals surface area contributed by atoms with Crippen LogP contribution in [0.4, 0.5) is 5.13 Å². The van der Waals surface area contributed by atoms with Crippen LogP contribution in [0.2, 0.25) is 0 Å². The van der Waals surface area contributed by atoms with E-state index in [1.165, 1.54) is 11.3 Å². The standard InChI is InChI=1S/C23H29N3O4S.ClH/c1-6-30-17-9-10-18-21(15-17)31-23(24-18)26(13-7-12-25(2)3)22(27)16-8-11-19(28-4)20(14-16)29-5;/h8-11,14-15H,6-7,12-13H2,1-5H3;1H. The molecule has 174 valence electrons. The number of amides is 1. The van der Waals surface area contributed by atoms with E-state index in [-0.39, 0.29) is 18.3 Å². The molecule has 0 unspecified atom stereocenters. The molecule has 0 atom stereocenters. The van der Waals surface area contributed by atoms with E-state index >= 15 is 0 Å². The molecule has 9 heteroatoms. The van der Waals surface area contributed by atoms with Crippen LogP contribution in [0.5, 0.6) is 17.2 Å². The summed E-state index contributed by atoms with van der Waals surface area (Å²) in [5.74, 6) is 1.79. The third-order valence-corrected chi connectivity index (χ3v) is 5.79. The van der Waals surface area contributed by atoms with E-state index in [9.17, 15) is 4.79 Å². The maximum atomic E-state index is 13.5. The number of fused-ring (bicyclic) bond motifs is 1. The first kappa shape index (κ1) is 25.7. The molecule has 1 aromatic heterocycles. The Morgan fingerprint density at radius 1 is 1.03 bits per heavy atom. The third-order valence-electron chi connectivity index (χ3n) is 4.75. The topological polar surface area (TPSA) is 64.1 Å². The zero-order valence-electron chi connectivity index (χ0n) is 19.1. The minimum absolute atomic E-state index is 0. The van der Waals surface area contributed by atoms with Crippen molar-refractivity contribution in [1.82, 2.24) is 9.88 Å². The van der Waals surface area contributed by atoms with E-state index in [4.69, 9.17) is 19.2 Å². The lowest BCUT2D eigenvalue weighted by molar-refractivity contribution is 0.0985. The number of methoxy groups -OCH3 is 2. The summed E-state index contributed by atoms with van der Waals surface area (Å²) in [5.41, 5.74) is 1.37. The maximum Gasteiger partial charge on any atom is 0.260 e. The first-order valence-electron chi connectivity index (χ1n) is 10.2. The minimum Gasteiger partial charge on any atom is -0.494 e. The Kier molecular flexibility index (Phi) is 9.56. The Balaban J connectivity index is 0.00000363. The number of benzene rings is 2. The Morgan fingerprint density at radius 2 is 1.78 bits per heavy atom. The number of rotatable bonds is 10. The highest BCUT2D eigenvalue weighted by atomic mass is 35.5. The second-order valence-corrected chi connectivity index (χ2v) is 8.25. The van der Waals surface area contributed by atoms with Gasteiger partial charge in [-0.3, -0.25) is 9.69 Å². The number of carbonyl (C=O) groups is 1. The lowest BCUT2D eigenvalue weighted by atomic mass is 10.1. The van der Waals surface area contributed by atoms with Gasteiger partial charge in [0, 0.05) is 12.1 Å². The van der Waals surface area contributed by atoms with Crippen LogP contribution < -0.4 is 19.1 Å². The Labute approximate surface area is 199 Å². The van der Waals surface area contributed by atoms with Gasteiger partial charge in [0.1, 0.15) is 5.75 Å². The molecule has 2 aromatic carbocycles. The molecule has 1 amide bonds. The van der Waals surface area contributed by atoms with E-state index < -0.39 is 0 Å². The number of thiazole rings is 1. The van der Waals surface area contributed by atoms with Crippen molar-refractivity contribution in [3.8, 4) is 17.2 Å². The fourth-order valence-electron chi connectivity index (χ4n) is 3.22. The predicted molar refractivity (Wildman–Crippen MR) is 132 cm³/mol. The van der Waals surface area contributed by atoms with Gasteiger partial charge in [0.05, 0.1) is 31.0 Å². The normalized spacial score (nSPS) is 10.7. The highest BCUT2D eigenvalue weighted by Gasteiger charge is 2.22. The Morgan fingerprint density at radius 3 is 2.44 bits per heavy atom. The molecule has 0 radical (unpaired) electrons. The van der Waals surface area contributed by atoms with Gasteiger partial charge >= 0.3 is 0 Å². The molecular weight excluding hydrogens is 450 g/mol. The second kappa shape index (κ2) is 11.9. The van der Waals surface area contributed by atoms with Gasteiger partial charge < -0.3 is 19.1 Å². The van der Waals surface area contributed by atoms with E-state index in [1.807, 2.05) is 39.2 Å². The average molecular weight is 480 g/mol. The summed E-state index contributed by atoms with van der Waals surface area (Å²) in [7, 11) is 7.18. The lowest BCUT2D eigenvalue weighted by Gasteiger charge is -2.21. The molecule has 0 fully saturated rings. The molecule has 1 heterocycles. The molecule has 0 spiro atoms. The first-order valence-corrected chi connectivity index (χ1v) is 11.0. The molecule has 0 aliphatic carbocycles. The summed E-state index contributed by atoms with van der Waals surface area (Å²) in [4.78, 5) is 22.1. The molecule has 3 aromatic rings. The summed E-state index contributed by atoms with van der Waals surface area (Å²) in [5, 5.41) is 0.669. The van der Waals surface area contributed by atoms with Crippen LogP contribution in [-0.2, 0) is 0 Å². The third kappa shape index (κ3) is 6.03. The zero-order valence-corrected chi connectivity index (χ0v) is 20.7. The van der Waals surface area contributed by atoms with Gasteiger partial charge in [-0.15, -0.1) is 12.4 Å². The Bertz CT molecular complexity index is 1040. The van der Waals surface area contributed by atoms with Gasteiger partial charge in [-0.25, -0.2) is 4.98 Å². The zero-order chi connectivity index (χ0) is 22.4. The summed E-state index contributed by atoms with van der Waals surface area (Å²) in [6.07, 6.45) is 0.826. The van der Waals surface area contributed by atoms with Crippen molar-refractivity contribution in [1.29, 1.82) is 0 Å². The lowest BCUT2D eigenvalue weighted by Crippen LogP contribution is -2.33. The van der Waals surface area contributed by atoms with Crippen molar-refractivity contribution in [3.63, 3.8) is 0 Å². The van der Waals surface area contributed by atoms with Crippen LogP contribution in [0.15, 0.2) is 36.4 Å². The summed E-state index contributed by atoms with van der Waals surface area (Å²) in [6.45, 7) is 3.99. The van der Waals surface area contributed by atoms with E-state index in [2.05, 4.69) is 4.90 Å². The van der Waals surface area contributed by atoms with Crippen LogP contribution in [0, 0.1) is 0 Å². The van der Waals surface area contributed by atoms with Gasteiger partial charge in [-0.2, -0.15) is 0 Å². The molecule has 7 nitrogen and oxygen atoms in total. The number of carbonyl (C=O) groups excluding carboxylic acids is 1. The highest BCUT2D eigenvalue weighted by molar-refractivity contribution is 7.22. The summed E-state index contributed by atoms with van der Waals surface area (Å²) in [6, 6.07) is 11.0. The number of hydrogen-bond acceptors (Lipinski definition) is 7. The highest BCUT2D eigenvalue weighted by Crippen LogP contribution is 2.33. The van der Waals surface area contributed by atoms with Crippen LogP contribution in [0.3, 0.4) is 0 Å². The van der Waals surface area contributed by atoms with Crippen LogP contribution >= 0.6 is 23.7 Å². The van der Waals surface area contributed by atoms with Crippen LogP contribution in [0.25, 0.3) is 10.2 Å². The molecule has 0 aliphatic rings. The molecule has 3 rings (SSSR count). The fourth-order valence-corrected chi connectivity index (χ4v) is 4.24. The molecule has 0 bridgehead atoms. The second-order valence-electron chi connectivity index (χ2n) is 7.24. The van der Waals surface area contributed by atoms with Crippen molar-refractivity contribution in [2.45, 2.75) is 13.3 Å². The van der Waals surface area contributed by atoms with Gasteiger partial charge in [0.25, 0.3) is 5.91 Å². The van der Waals surface area contributed by atoms with Crippen molar-refractivity contribution < 1.29 is 19.0 Å². The largest absolute Gasteiger partial charge is 0.494 e. The van der Waals surface area contributed by atoms with Gasteiger partial charge in [-0.1, -0.05) is 11.3 Å². The Hall–Kier alpha value is -2.55. The molecular formula is C23H30ClN3O4S. The van der Waals surface area contributed by atoms with Crippen molar-refractivity contribution in [3.05, 3.63) is 42.0 Å². The molecule has 0 saturated carbocycles. The van der Waals surface area contributed by atoms with Crippen LogP contribution in [0.1, 0.15) is 23.7 Å². The number of aromatic nitrogens is 1. The van der Waals surface area contributed by atoms with Crippen LogP contribution in [-0.4, -0.2) is 63.8 Å². The summed E-state index contributed by atoms with van der Waals surface area (Å²) < 4.78 is 17.3. The fraction of sp³-hybridized carbons (Fsp3) is 0.391. The van der Waals surface area contributed by atoms with Crippen molar-refractivity contribution >= 4 is 45.0 Å². The van der Waals surface area contributed by atoms with E-state index in [0.717, 1.165) is 28.9 Å². The van der Waals surface area contributed by atoms with Gasteiger partial charge in [0.15, 0.2) is 16.6 Å². The number of anilines is 1. The first-order chi connectivity index (χ1) is 15.0. The SMILES string of the molecule is CCOc1ccc2nc(N(CCCN(C)C)C(=O)c3ccc(OC)c(OC)c3)sc2c1.Cl. The van der Waals surface area contributed by atoms with Crippen molar-refractivity contribution in [2.75, 3.05) is 52.9 Å². The number of hydrogen-bond donors (Lipinski definition) is 0. The average Bonchev–Trinajstić information content (AvgIpc) is 3.18. The molecule has 0 N–H and O–H groups in total. The maximum absolute atomic E-state index is 13.5.